The van der Waals surface area contributed by atoms with Crippen molar-refractivity contribution in [3.8, 4) is 0 Å². The van der Waals surface area contributed by atoms with Crippen molar-refractivity contribution >= 4 is 44.1 Å². The molecule has 8 nitrogen and oxygen atoms in total. The lowest BCUT2D eigenvalue weighted by atomic mass is 10.3. The van der Waals surface area contributed by atoms with Gasteiger partial charge in [0.2, 0.25) is 9.84 Å². The molecule has 0 unspecified atom stereocenters. The van der Waals surface area contributed by atoms with Gasteiger partial charge in [-0.25, -0.2) is 18.4 Å². The average molecular weight is 428 g/mol. The highest BCUT2D eigenvalue weighted by Crippen LogP contribution is 2.35. The first kappa shape index (κ1) is 18.9. The first-order valence-electron chi connectivity index (χ1n) is 9.37. The highest BCUT2D eigenvalue weighted by Gasteiger charge is 2.30. The summed E-state index contributed by atoms with van der Waals surface area (Å²) in [5, 5.41) is 4.40. The largest absolute Gasteiger partial charge is 0.382 e. The number of nitrogens with two attached hydrogens (primary N) is 1. The molecule has 0 aliphatic rings. The molecule has 0 aliphatic heterocycles. The van der Waals surface area contributed by atoms with Gasteiger partial charge in [0, 0.05) is 18.0 Å². The lowest BCUT2D eigenvalue weighted by Gasteiger charge is -2.04. The zero-order valence-corrected chi connectivity index (χ0v) is 16.9. The maximum Gasteiger partial charge on any atom is 0.212 e. The monoisotopic (exact) mass is 428 g/mol. The number of benzene rings is 2. The van der Waals surface area contributed by atoms with Gasteiger partial charge in [-0.3, -0.25) is 4.98 Å². The Kier molecular flexibility index (Phi) is 4.45. The summed E-state index contributed by atoms with van der Waals surface area (Å²) in [6.45, 7) is 0. The number of nitrogen functional groups attached to an aromatic ring is 1. The number of nitrogens with zero attached hydrogens (tertiary/aromatic N) is 5. The van der Waals surface area contributed by atoms with Crippen LogP contribution in [0.3, 0.4) is 0 Å². The number of rotatable bonds is 4. The van der Waals surface area contributed by atoms with Crippen molar-refractivity contribution < 1.29 is 8.42 Å². The van der Waals surface area contributed by atoms with E-state index >= 15 is 0 Å². The van der Waals surface area contributed by atoms with Crippen molar-refractivity contribution in [1.29, 1.82) is 0 Å². The predicted octanol–water partition coefficient (Wildman–Crippen LogP) is 3.28. The Labute approximate surface area is 177 Å². The second kappa shape index (κ2) is 7.29. The Morgan fingerprint density at radius 1 is 0.903 bits per heavy atom. The number of pyridine rings is 1. The maximum absolute atomic E-state index is 13.5. The van der Waals surface area contributed by atoms with Gasteiger partial charge in [-0.2, -0.15) is 9.78 Å². The van der Waals surface area contributed by atoms with Crippen molar-refractivity contribution in [3.63, 3.8) is 0 Å². The van der Waals surface area contributed by atoms with Gasteiger partial charge in [-0.1, -0.05) is 36.4 Å². The van der Waals surface area contributed by atoms with E-state index in [1.165, 1.54) is 16.8 Å². The fourth-order valence-corrected chi connectivity index (χ4v) is 4.80. The number of aromatic nitrogens is 4. The molecular formula is C22H16N6O2S. The minimum atomic E-state index is -3.96. The van der Waals surface area contributed by atoms with Crippen LogP contribution >= 0.6 is 0 Å². The van der Waals surface area contributed by atoms with Crippen LogP contribution in [-0.2, 0) is 9.84 Å². The lowest BCUT2D eigenvalue weighted by molar-refractivity contribution is 0.597. The minimum absolute atomic E-state index is 0.0608. The average Bonchev–Trinajstić information content (AvgIpc) is 3.08. The molecule has 3 aromatic heterocycles. The quantitative estimate of drug-likeness (QED) is 0.439. The molecule has 0 saturated carbocycles. The minimum Gasteiger partial charge on any atom is -0.382 e. The normalized spacial score (nSPS) is 12.1. The maximum atomic E-state index is 13.5. The molecule has 152 valence electrons. The second-order valence-corrected chi connectivity index (χ2v) is 8.64. The van der Waals surface area contributed by atoms with Gasteiger partial charge in [-0.05, 0) is 30.3 Å². The van der Waals surface area contributed by atoms with E-state index in [9.17, 15) is 8.42 Å². The summed E-state index contributed by atoms with van der Waals surface area (Å²) >= 11 is 0. The summed E-state index contributed by atoms with van der Waals surface area (Å²) in [6, 6.07) is 18.9. The fourth-order valence-electron chi connectivity index (χ4n) is 3.30. The molecule has 5 aromatic rings. The van der Waals surface area contributed by atoms with Crippen molar-refractivity contribution in [2.45, 2.75) is 9.79 Å². The van der Waals surface area contributed by atoms with Crippen LogP contribution in [0, 0.1) is 0 Å². The van der Waals surface area contributed by atoms with Crippen molar-refractivity contribution in [2.24, 2.45) is 5.10 Å². The summed E-state index contributed by atoms with van der Waals surface area (Å²) in [4.78, 5) is 13.2. The van der Waals surface area contributed by atoms with Crippen LogP contribution in [0.2, 0.25) is 0 Å². The number of anilines is 1. The number of fused-ring (bicyclic) bond motifs is 2. The van der Waals surface area contributed by atoms with Crippen molar-refractivity contribution in [1.82, 2.24) is 19.6 Å². The van der Waals surface area contributed by atoms with Crippen LogP contribution in [0.25, 0.3) is 22.2 Å². The molecule has 0 atom stereocenters. The van der Waals surface area contributed by atoms with Crippen LogP contribution < -0.4 is 5.73 Å². The summed E-state index contributed by atoms with van der Waals surface area (Å²) < 4.78 is 28.2. The zero-order valence-electron chi connectivity index (χ0n) is 16.1. The van der Waals surface area contributed by atoms with Crippen molar-refractivity contribution in [2.75, 3.05) is 5.73 Å². The number of sulfone groups is 1. The van der Waals surface area contributed by atoms with Crippen molar-refractivity contribution in [3.05, 3.63) is 84.7 Å². The number of para-hydroxylation sites is 2. The van der Waals surface area contributed by atoms with Gasteiger partial charge in [0.25, 0.3) is 0 Å². The SMILES string of the molecule is Nc1c(S(=O)(=O)c2ccccc2)c2nc3ccccc3nc2n1/N=C/c1cccnc1. The molecule has 9 heteroatoms. The standard InChI is InChI=1S/C22H16N6O2S/c23-21-20(31(29,30)16-8-2-1-3-9-16)19-22(27-18-11-5-4-10-17(18)26-19)28(21)25-14-15-7-6-12-24-13-15/h1-14H,23H2/b25-14+. The Morgan fingerprint density at radius 3 is 2.32 bits per heavy atom. The van der Waals surface area contributed by atoms with Gasteiger partial charge in [0.1, 0.15) is 16.2 Å². The first-order chi connectivity index (χ1) is 15.1. The van der Waals surface area contributed by atoms with Crippen LogP contribution in [0.15, 0.2) is 94.0 Å². The topological polar surface area (TPSA) is 116 Å². The lowest BCUT2D eigenvalue weighted by Crippen LogP contribution is -2.06. The molecule has 0 fully saturated rings. The smallest absolute Gasteiger partial charge is 0.212 e. The Morgan fingerprint density at radius 2 is 1.61 bits per heavy atom. The van der Waals surface area contributed by atoms with E-state index in [0.717, 1.165) is 5.56 Å². The molecule has 0 radical (unpaired) electrons. The Balaban J connectivity index is 1.82. The van der Waals surface area contributed by atoms with E-state index in [-0.39, 0.29) is 26.8 Å². The molecule has 5 rings (SSSR count). The molecule has 0 saturated heterocycles. The van der Waals surface area contributed by atoms with Gasteiger partial charge in [-0.15, -0.1) is 0 Å². The van der Waals surface area contributed by atoms with Crippen LogP contribution in [0.5, 0.6) is 0 Å². The number of hydrogen-bond donors (Lipinski definition) is 1. The summed E-state index contributed by atoms with van der Waals surface area (Å²) in [5.74, 6) is -0.0608. The highest BCUT2D eigenvalue weighted by atomic mass is 32.2. The zero-order chi connectivity index (χ0) is 21.4. The van der Waals surface area contributed by atoms with Crippen LogP contribution in [-0.4, -0.2) is 34.3 Å². The van der Waals surface area contributed by atoms with E-state index in [1.807, 2.05) is 18.2 Å². The predicted molar refractivity (Wildman–Crippen MR) is 119 cm³/mol. The van der Waals surface area contributed by atoms with Crippen LogP contribution in [0.4, 0.5) is 5.82 Å². The summed E-state index contributed by atoms with van der Waals surface area (Å²) in [6.07, 6.45) is 4.82. The number of hydrogen-bond acceptors (Lipinski definition) is 7. The first-order valence-corrected chi connectivity index (χ1v) is 10.9. The fraction of sp³-hybridized carbons (Fsp3) is 0. The van der Waals surface area contributed by atoms with E-state index in [1.54, 1.807) is 55.0 Å². The van der Waals surface area contributed by atoms with E-state index < -0.39 is 9.84 Å². The van der Waals surface area contributed by atoms with E-state index in [4.69, 9.17) is 5.73 Å². The van der Waals surface area contributed by atoms with Crippen LogP contribution in [0.1, 0.15) is 5.56 Å². The molecule has 2 aromatic carbocycles. The molecule has 2 N–H and O–H groups in total. The summed E-state index contributed by atoms with van der Waals surface area (Å²) in [5.41, 5.74) is 8.66. The highest BCUT2D eigenvalue weighted by molar-refractivity contribution is 7.92. The molecule has 31 heavy (non-hydrogen) atoms. The van der Waals surface area contributed by atoms with E-state index in [2.05, 4.69) is 20.1 Å². The van der Waals surface area contributed by atoms with Gasteiger partial charge in [0.15, 0.2) is 5.65 Å². The van der Waals surface area contributed by atoms with Gasteiger partial charge in [0.05, 0.1) is 22.1 Å². The second-order valence-electron chi connectivity index (χ2n) is 6.76. The summed E-state index contributed by atoms with van der Waals surface area (Å²) in [7, 11) is -3.96. The molecule has 0 amide bonds. The molecule has 0 bridgehead atoms. The van der Waals surface area contributed by atoms with Gasteiger partial charge < -0.3 is 5.73 Å². The molecule has 3 heterocycles. The molecule has 0 spiro atoms. The molecular weight excluding hydrogens is 412 g/mol. The Hall–Kier alpha value is -4.11. The third-order valence-electron chi connectivity index (χ3n) is 4.76. The van der Waals surface area contributed by atoms with E-state index in [0.29, 0.717) is 11.0 Å². The Bertz CT molecular complexity index is 1550. The molecule has 0 aliphatic carbocycles. The third kappa shape index (κ3) is 3.21. The van der Waals surface area contributed by atoms with Gasteiger partial charge >= 0.3 is 0 Å². The third-order valence-corrected chi connectivity index (χ3v) is 6.59.